The lowest BCUT2D eigenvalue weighted by Gasteiger charge is -2.22. The number of rotatable bonds is 12. The molecule has 0 radical (unpaired) electrons. The smallest absolute Gasteiger partial charge is 0.245 e. The van der Waals surface area contributed by atoms with Crippen molar-refractivity contribution in [3.8, 4) is 0 Å². The number of aryl methyl sites for hydroxylation is 2. The molecule has 26 heavy (non-hydrogen) atoms. The molecule has 1 N–H and O–H groups in total. The standard InChI is InChI=1S/C20H33N3O2S/c1-4-5-6-7-8-9-10-19(25)23(13-17-11-12-17)14-18(24)22-20-21-15(2)16(3)26-20/h17H,4-14H2,1-3H3,(H,21,22,24). The van der Waals surface area contributed by atoms with Gasteiger partial charge in [-0.2, -0.15) is 0 Å². The fourth-order valence-electron chi connectivity index (χ4n) is 2.94. The Bertz CT molecular complexity index is 576. The maximum Gasteiger partial charge on any atom is 0.245 e. The summed E-state index contributed by atoms with van der Waals surface area (Å²) in [6.07, 6.45) is 9.91. The van der Waals surface area contributed by atoms with E-state index in [9.17, 15) is 9.59 Å². The first-order chi connectivity index (χ1) is 12.5. The highest BCUT2D eigenvalue weighted by Gasteiger charge is 2.27. The molecule has 1 aliphatic carbocycles. The summed E-state index contributed by atoms with van der Waals surface area (Å²) in [5, 5.41) is 3.47. The van der Waals surface area contributed by atoms with Crippen LogP contribution >= 0.6 is 11.3 Å². The molecule has 0 bridgehead atoms. The number of hydrogen-bond donors (Lipinski definition) is 1. The molecule has 1 aromatic heterocycles. The summed E-state index contributed by atoms with van der Waals surface area (Å²) >= 11 is 1.48. The Hall–Kier alpha value is -1.43. The normalized spacial score (nSPS) is 13.7. The van der Waals surface area contributed by atoms with Crippen LogP contribution in [0.4, 0.5) is 5.13 Å². The second-order valence-corrected chi connectivity index (χ2v) is 8.65. The minimum absolute atomic E-state index is 0.119. The van der Waals surface area contributed by atoms with Gasteiger partial charge in [-0.3, -0.25) is 9.59 Å². The van der Waals surface area contributed by atoms with Crippen LogP contribution in [0.3, 0.4) is 0 Å². The zero-order chi connectivity index (χ0) is 18.9. The molecule has 5 nitrogen and oxygen atoms in total. The van der Waals surface area contributed by atoms with Crippen LogP contribution in [-0.4, -0.2) is 34.8 Å². The van der Waals surface area contributed by atoms with E-state index in [1.807, 2.05) is 13.8 Å². The number of nitrogens with one attached hydrogen (secondary N) is 1. The topological polar surface area (TPSA) is 62.3 Å². The van der Waals surface area contributed by atoms with Gasteiger partial charge in [0.25, 0.3) is 0 Å². The van der Waals surface area contributed by atoms with Gasteiger partial charge in [0.15, 0.2) is 5.13 Å². The summed E-state index contributed by atoms with van der Waals surface area (Å²) in [7, 11) is 0. The summed E-state index contributed by atoms with van der Waals surface area (Å²) in [6, 6.07) is 0. The molecule has 1 fully saturated rings. The van der Waals surface area contributed by atoms with E-state index in [4.69, 9.17) is 0 Å². The summed E-state index contributed by atoms with van der Waals surface area (Å²) in [5.74, 6) is 0.561. The zero-order valence-corrected chi connectivity index (χ0v) is 17.3. The van der Waals surface area contributed by atoms with E-state index in [0.717, 1.165) is 30.0 Å². The third-order valence-electron chi connectivity index (χ3n) is 4.88. The molecule has 1 heterocycles. The second kappa shape index (κ2) is 10.7. The van der Waals surface area contributed by atoms with E-state index < -0.39 is 0 Å². The van der Waals surface area contributed by atoms with Gasteiger partial charge >= 0.3 is 0 Å². The van der Waals surface area contributed by atoms with Gasteiger partial charge in [-0.05, 0) is 39.0 Å². The lowest BCUT2D eigenvalue weighted by atomic mass is 10.1. The average molecular weight is 380 g/mol. The Morgan fingerprint density at radius 3 is 2.46 bits per heavy atom. The summed E-state index contributed by atoms with van der Waals surface area (Å²) in [6.45, 7) is 7.00. The van der Waals surface area contributed by atoms with Crippen LogP contribution in [0.2, 0.25) is 0 Å². The fourth-order valence-corrected chi connectivity index (χ4v) is 3.77. The van der Waals surface area contributed by atoms with E-state index in [1.165, 1.54) is 49.9 Å². The van der Waals surface area contributed by atoms with Crippen LogP contribution < -0.4 is 5.32 Å². The number of unbranched alkanes of at least 4 members (excludes halogenated alkanes) is 5. The highest BCUT2D eigenvalue weighted by Crippen LogP contribution is 2.30. The van der Waals surface area contributed by atoms with Gasteiger partial charge in [-0.1, -0.05) is 39.0 Å². The largest absolute Gasteiger partial charge is 0.333 e. The second-order valence-electron chi connectivity index (χ2n) is 7.44. The Balaban J connectivity index is 1.77. The Labute approximate surface area is 161 Å². The zero-order valence-electron chi connectivity index (χ0n) is 16.5. The van der Waals surface area contributed by atoms with E-state index >= 15 is 0 Å². The molecule has 0 saturated heterocycles. The molecule has 0 spiro atoms. The van der Waals surface area contributed by atoms with Gasteiger partial charge in [0.1, 0.15) is 0 Å². The molecule has 0 atom stereocenters. The molecule has 146 valence electrons. The van der Waals surface area contributed by atoms with Crippen LogP contribution in [-0.2, 0) is 9.59 Å². The first kappa shape index (κ1) is 20.9. The quantitative estimate of drug-likeness (QED) is 0.536. The monoisotopic (exact) mass is 379 g/mol. The van der Waals surface area contributed by atoms with Crippen molar-refractivity contribution in [2.24, 2.45) is 5.92 Å². The van der Waals surface area contributed by atoms with Crippen LogP contribution in [0, 0.1) is 19.8 Å². The maximum atomic E-state index is 12.6. The van der Waals surface area contributed by atoms with E-state index in [2.05, 4.69) is 17.2 Å². The summed E-state index contributed by atoms with van der Waals surface area (Å²) in [5.41, 5.74) is 0.944. The number of anilines is 1. The minimum Gasteiger partial charge on any atom is -0.333 e. The van der Waals surface area contributed by atoms with Gasteiger partial charge < -0.3 is 10.2 Å². The van der Waals surface area contributed by atoms with Gasteiger partial charge in [0, 0.05) is 17.8 Å². The average Bonchev–Trinajstić information content (AvgIpc) is 3.35. The number of aromatic nitrogens is 1. The molecule has 6 heteroatoms. The molecule has 0 aromatic carbocycles. The third kappa shape index (κ3) is 7.44. The number of amides is 2. The van der Waals surface area contributed by atoms with Crippen LogP contribution in [0.15, 0.2) is 0 Å². The lowest BCUT2D eigenvalue weighted by Crippen LogP contribution is -2.39. The summed E-state index contributed by atoms with van der Waals surface area (Å²) < 4.78 is 0. The molecule has 2 amide bonds. The molecule has 0 unspecified atom stereocenters. The molecular formula is C20H33N3O2S. The first-order valence-electron chi connectivity index (χ1n) is 10.0. The molecule has 0 aliphatic heterocycles. The van der Waals surface area contributed by atoms with Crippen LogP contribution in [0.25, 0.3) is 0 Å². The van der Waals surface area contributed by atoms with Gasteiger partial charge in [0.2, 0.25) is 11.8 Å². The van der Waals surface area contributed by atoms with Crippen molar-refractivity contribution in [1.82, 2.24) is 9.88 Å². The SMILES string of the molecule is CCCCCCCCC(=O)N(CC(=O)Nc1nc(C)c(C)s1)CC1CC1. The van der Waals surface area contributed by atoms with Crippen molar-refractivity contribution in [2.45, 2.75) is 78.6 Å². The van der Waals surface area contributed by atoms with Gasteiger partial charge in [-0.25, -0.2) is 4.98 Å². The van der Waals surface area contributed by atoms with Crippen molar-refractivity contribution in [1.29, 1.82) is 0 Å². The van der Waals surface area contributed by atoms with E-state index in [-0.39, 0.29) is 18.4 Å². The van der Waals surface area contributed by atoms with Crippen molar-refractivity contribution < 1.29 is 9.59 Å². The van der Waals surface area contributed by atoms with Crippen LogP contribution in [0.5, 0.6) is 0 Å². The fraction of sp³-hybridized carbons (Fsp3) is 0.750. The highest BCUT2D eigenvalue weighted by molar-refractivity contribution is 7.15. The van der Waals surface area contributed by atoms with E-state index in [0.29, 0.717) is 17.5 Å². The van der Waals surface area contributed by atoms with Crippen molar-refractivity contribution in [3.63, 3.8) is 0 Å². The number of carbonyl (C=O) groups is 2. The molecule has 1 saturated carbocycles. The third-order valence-corrected chi connectivity index (χ3v) is 5.87. The van der Waals surface area contributed by atoms with E-state index in [1.54, 1.807) is 4.90 Å². The van der Waals surface area contributed by atoms with Gasteiger partial charge in [0.05, 0.1) is 12.2 Å². The number of hydrogen-bond acceptors (Lipinski definition) is 4. The molecular weight excluding hydrogens is 346 g/mol. The summed E-state index contributed by atoms with van der Waals surface area (Å²) in [4.78, 5) is 32.1. The highest BCUT2D eigenvalue weighted by atomic mass is 32.1. The molecule has 1 aromatic rings. The minimum atomic E-state index is -0.143. The number of thiazole rings is 1. The number of carbonyl (C=O) groups excluding carboxylic acids is 2. The Kier molecular flexibility index (Phi) is 8.55. The first-order valence-corrected chi connectivity index (χ1v) is 10.8. The Morgan fingerprint density at radius 2 is 1.85 bits per heavy atom. The lowest BCUT2D eigenvalue weighted by molar-refractivity contribution is -0.135. The Morgan fingerprint density at radius 1 is 1.15 bits per heavy atom. The van der Waals surface area contributed by atoms with Crippen molar-refractivity contribution >= 4 is 28.3 Å². The predicted molar refractivity (Wildman–Crippen MR) is 108 cm³/mol. The maximum absolute atomic E-state index is 12.6. The van der Waals surface area contributed by atoms with Gasteiger partial charge in [-0.15, -0.1) is 11.3 Å². The molecule has 2 rings (SSSR count). The van der Waals surface area contributed by atoms with Crippen molar-refractivity contribution in [3.05, 3.63) is 10.6 Å². The van der Waals surface area contributed by atoms with Crippen molar-refractivity contribution in [2.75, 3.05) is 18.4 Å². The predicted octanol–water partition coefficient (Wildman–Crippen LogP) is 4.69. The number of nitrogens with zero attached hydrogens (tertiary/aromatic N) is 2. The van der Waals surface area contributed by atoms with Crippen LogP contribution in [0.1, 0.15) is 75.3 Å². The molecule has 1 aliphatic rings.